The molecule has 0 fully saturated rings. The molecule has 0 spiro atoms. The zero-order valence-corrected chi connectivity index (χ0v) is 20.6. The van der Waals surface area contributed by atoms with Crippen LogP contribution in [0.1, 0.15) is 34.7 Å². The fraction of sp³-hybridized carbons (Fsp3) is 0.172. The molecule has 180 valence electrons. The van der Waals surface area contributed by atoms with Gasteiger partial charge in [-0.05, 0) is 59.9 Å². The van der Waals surface area contributed by atoms with Crippen molar-refractivity contribution in [3.8, 4) is 11.5 Å². The molecule has 4 aromatic rings. The van der Waals surface area contributed by atoms with Gasteiger partial charge in [0.15, 0.2) is 4.80 Å². The molecule has 0 radical (unpaired) electrons. The van der Waals surface area contributed by atoms with Crippen LogP contribution in [-0.4, -0.2) is 18.8 Å². The Kier molecular flexibility index (Phi) is 5.57. The number of fused-ring (bicyclic) bond motifs is 3. The Labute approximate surface area is 211 Å². The van der Waals surface area contributed by atoms with E-state index in [0.29, 0.717) is 20.8 Å². The van der Waals surface area contributed by atoms with Gasteiger partial charge >= 0.3 is 0 Å². The Morgan fingerprint density at radius 2 is 1.83 bits per heavy atom. The van der Waals surface area contributed by atoms with Gasteiger partial charge in [0.05, 0.1) is 30.5 Å². The predicted octanol–water partition coefficient (Wildman–Crippen LogP) is 4.48. The number of benzene rings is 3. The van der Waals surface area contributed by atoms with Crippen LogP contribution < -0.4 is 24.4 Å². The summed E-state index contributed by atoms with van der Waals surface area (Å²) in [4.78, 5) is 19.5. The van der Waals surface area contributed by atoms with Crippen molar-refractivity contribution in [1.29, 1.82) is 0 Å². The van der Waals surface area contributed by atoms with E-state index in [1.165, 1.54) is 29.0 Å². The Morgan fingerprint density at radius 1 is 1.03 bits per heavy atom. The number of hydrogen-bond acceptors (Lipinski definition) is 5. The monoisotopic (exact) mass is 498 g/mol. The van der Waals surface area contributed by atoms with Crippen molar-refractivity contribution in [3.63, 3.8) is 0 Å². The van der Waals surface area contributed by atoms with Crippen molar-refractivity contribution in [2.75, 3.05) is 14.2 Å². The lowest BCUT2D eigenvalue weighted by molar-refractivity contribution is 0.393. The van der Waals surface area contributed by atoms with Crippen molar-refractivity contribution in [1.82, 2.24) is 4.57 Å². The first kappa shape index (κ1) is 22.5. The number of aromatic nitrogens is 1. The fourth-order valence-electron chi connectivity index (χ4n) is 5.05. The number of halogens is 1. The van der Waals surface area contributed by atoms with Gasteiger partial charge in [0.1, 0.15) is 17.3 Å². The maximum absolute atomic E-state index is 13.8. The van der Waals surface area contributed by atoms with Crippen LogP contribution >= 0.6 is 11.3 Å². The average Bonchev–Trinajstić information content (AvgIpc) is 3.22. The molecule has 1 atom stereocenters. The Morgan fingerprint density at radius 3 is 2.61 bits per heavy atom. The van der Waals surface area contributed by atoms with Crippen LogP contribution in [0.4, 0.5) is 4.39 Å². The minimum Gasteiger partial charge on any atom is -0.497 e. The predicted molar refractivity (Wildman–Crippen MR) is 139 cm³/mol. The zero-order valence-electron chi connectivity index (χ0n) is 19.8. The van der Waals surface area contributed by atoms with Crippen LogP contribution in [0.15, 0.2) is 82.1 Å². The van der Waals surface area contributed by atoms with Crippen molar-refractivity contribution in [2.24, 2.45) is 4.99 Å². The van der Waals surface area contributed by atoms with Crippen LogP contribution in [0.2, 0.25) is 0 Å². The summed E-state index contributed by atoms with van der Waals surface area (Å²) in [6, 6.07) is 19.9. The molecule has 36 heavy (non-hydrogen) atoms. The number of ether oxygens (including phenoxy) is 2. The molecule has 0 N–H and O–H groups in total. The molecule has 2 aliphatic rings. The maximum Gasteiger partial charge on any atom is 0.271 e. The molecule has 1 aromatic heterocycles. The second kappa shape index (κ2) is 8.91. The van der Waals surface area contributed by atoms with E-state index in [-0.39, 0.29) is 17.4 Å². The summed E-state index contributed by atoms with van der Waals surface area (Å²) >= 11 is 1.35. The highest BCUT2D eigenvalue weighted by Gasteiger charge is 2.32. The minimum atomic E-state index is -0.342. The van der Waals surface area contributed by atoms with Crippen molar-refractivity contribution < 1.29 is 13.9 Å². The van der Waals surface area contributed by atoms with E-state index < -0.39 is 0 Å². The maximum atomic E-state index is 13.8. The number of rotatable bonds is 4. The molecule has 6 rings (SSSR count). The first-order valence-corrected chi connectivity index (χ1v) is 12.5. The highest BCUT2D eigenvalue weighted by Crippen LogP contribution is 2.41. The Balaban J connectivity index is 1.60. The van der Waals surface area contributed by atoms with Crippen molar-refractivity contribution >= 4 is 23.1 Å². The molecule has 1 aliphatic heterocycles. The van der Waals surface area contributed by atoms with Gasteiger partial charge in [-0.2, -0.15) is 0 Å². The molecule has 0 bridgehead atoms. The lowest BCUT2D eigenvalue weighted by atomic mass is 9.83. The van der Waals surface area contributed by atoms with Crippen LogP contribution in [0.25, 0.3) is 11.8 Å². The fourth-order valence-corrected chi connectivity index (χ4v) is 6.04. The largest absolute Gasteiger partial charge is 0.497 e. The molecule has 1 unspecified atom stereocenters. The molecule has 7 heteroatoms. The van der Waals surface area contributed by atoms with Crippen LogP contribution in [-0.2, 0) is 6.42 Å². The number of hydrogen-bond donors (Lipinski definition) is 0. The number of methoxy groups -OCH3 is 2. The third-order valence-corrected chi connectivity index (χ3v) is 7.77. The lowest BCUT2D eigenvalue weighted by Gasteiger charge is -2.30. The van der Waals surface area contributed by atoms with Crippen molar-refractivity contribution in [3.05, 3.63) is 120 Å². The van der Waals surface area contributed by atoms with E-state index in [2.05, 4.69) is 12.1 Å². The molecule has 0 saturated carbocycles. The average molecular weight is 499 g/mol. The molecule has 0 amide bonds. The second-order valence-corrected chi connectivity index (χ2v) is 9.78. The first-order valence-electron chi connectivity index (χ1n) is 11.7. The SMILES string of the molecule is COc1ccc(C=c2sc3n(c2=O)C(c2ccc(F)cc2)C2=C(N=3)c3ccccc3CC2)c(OC)c1. The third-order valence-electron chi connectivity index (χ3n) is 6.79. The smallest absolute Gasteiger partial charge is 0.271 e. The lowest BCUT2D eigenvalue weighted by Crippen LogP contribution is -2.38. The van der Waals surface area contributed by atoms with Gasteiger partial charge < -0.3 is 9.47 Å². The second-order valence-electron chi connectivity index (χ2n) is 8.77. The number of allylic oxidation sites excluding steroid dienone is 1. The Bertz CT molecular complexity index is 1700. The molecule has 2 heterocycles. The molecule has 1 aliphatic carbocycles. The van der Waals surface area contributed by atoms with E-state index in [9.17, 15) is 9.18 Å². The van der Waals surface area contributed by atoms with Gasteiger partial charge in [-0.25, -0.2) is 9.38 Å². The quantitative estimate of drug-likeness (QED) is 0.417. The van der Waals surface area contributed by atoms with Gasteiger partial charge in [-0.3, -0.25) is 9.36 Å². The summed E-state index contributed by atoms with van der Waals surface area (Å²) in [7, 11) is 3.19. The van der Waals surface area contributed by atoms with Crippen LogP contribution in [0.5, 0.6) is 11.5 Å². The molecule has 5 nitrogen and oxygen atoms in total. The van der Waals surface area contributed by atoms with Crippen molar-refractivity contribution in [2.45, 2.75) is 18.9 Å². The Hall–Kier alpha value is -3.97. The first-order chi connectivity index (χ1) is 17.6. The van der Waals surface area contributed by atoms with Gasteiger partial charge in [0.25, 0.3) is 5.56 Å². The van der Waals surface area contributed by atoms with Gasteiger partial charge in [0, 0.05) is 17.2 Å². The normalized spacial score (nSPS) is 16.6. The highest BCUT2D eigenvalue weighted by molar-refractivity contribution is 7.07. The summed E-state index contributed by atoms with van der Waals surface area (Å²) in [5, 5.41) is 0. The molecular formula is C29H23FN2O3S. The van der Waals surface area contributed by atoms with Crippen LogP contribution in [0.3, 0.4) is 0 Å². The minimum absolute atomic E-state index is 0.128. The van der Waals surface area contributed by atoms with E-state index >= 15 is 0 Å². The summed E-state index contributed by atoms with van der Waals surface area (Å²) in [5.74, 6) is 0.984. The topological polar surface area (TPSA) is 52.8 Å². The molecule has 3 aromatic carbocycles. The molecule has 0 saturated heterocycles. The van der Waals surface area contributed by atoms with Gasteiger partial charge in [-0.1, -0.05) is 47.7 Å². The zero-order chi connectivity index (χ0) is 24.8. The summed E-state index contributed by atoms with van der Waals surface area (Å²) in [6.07, 6.45) is 3.49. The number of aryl methyl sites for hydroxylation is 1. The summed E-state index contributed by atoms with van der Waals surface area (Å²) < 4.78 is 27.0. The summed E-state index contributed by atoms with van der Waals surface area (Å²) in [5.41, 5.74) is 5.86. The third kappa shape index (κ3) is 3.67. The van der Waals surface area contributed by atoms with Gasteiger partial charge in [-0.15, -0.1) is 0 Å². The van der Waals surface area contributed by atoms with E-state index in [1.54, 1.807) is 37.0 Å². The van der Waals surface area contributed by atoms with Crippen LogP contribution in [0, 0.1) is 5.82 Å². The molecular weight excluding hydrogens is 475 g/mol. The van der Waals surface area contributed by atoms with Gasteiger partial charge in [0.2, 0.25) is 0 Å². The van der Waals surface area contributed by atoms with E-state index in [0.717, 1.165) is 40.8 Å². The standard InChI is InChI=1S/C29H23FN2O3S/c1-34-21-13-9-19(24(16-21)35-2)15-25-28(33)32-27(18-7-11-20(30)12-8-18)23-14-10-17-5-3-4-6-22(17)26(23)31-29(32)36-25/h3-9,11-13,15-16,27H,10,14H2,1-2H3. The number of thiazole rings is 1. The number of nitrogens with zero attached hydrogens (tertiary/aromatic N) is 2. The summed E-state index contributed by atoms with van der Waals surface area (Å²) in [6.45, 7) is 0. The van der Waals surface area contributed by atoms with E-state index in [1.807, 2.05) is 30.3 Å². The highest BCUT2D eigenvalue weighted by atomic mass is 32.1. The van der Waals surface area contributed by atoms with E-state index in [4.69, 9.17) is 14.5 Å².